The van der Waals surface area contributed by atoms with E-state index >= 15 is 0 Å². The van der Waals surface area contributed by atoms with Crippen LogP contribution < -0.4 is 9.80 Å². The fraction of sp³-hybridized carbons (Fsp3) is 0.375. The summed E-state index contributed by atoms with van der Waals surface area (Å²) in [6, 6.07) is 16.7. The fourth-order valence-corrected chi connectivity index (χ4v) is 6.84. The summed E-state index contributed by atoms with van der Waals surface area (Å²) in [5.74, 6) is -0.688. The van der Waals surface area contributed by atoms with Crippen LogP contribution in [0.1, 0.15) is 58.4 Å². The molecule has 3 atom stereocenters. The molecule has 4 saturated heterocycles. The first kappa shape index (κ1) is 27.1. The van der Waals surface area contributed by atoms with Gasteiger partial charge < -0.3 is 14.5 Å². The number of rotatable bonds is 5. The number of carbonyl (C=O) groups is 3. The Bertz CT molecular complexity index is 1760. The van der Waals surface area contributed by atoms with Gasteiger partial charge in [-0.05, 0) is 55.5 Å². The second-order valence-electron chi connectivity index (χ2n) is 12.0. The van der Waals surface area contributed by atoms with Crippen molar-refractivity contribution in [2.24, 2.45) is 0 Å². The number of hydrogen-bond donors (Lipinski definition) is 0. The van der Waals surface area contributed by atoms with Crippen molar-refractivity contribution < 1.29 is 19.1 Å². The van der Waals surface area contributed by atoms with Crippen LogP contribution in [-0.4, -0.2) is 81.1 Å². The minimum absolute atomic E-state index is 0.0533. The standard InChI is InChI=1S/C32H33N7O4/c1-20-16-23(36-15-14-32(2,19-36)21-8-5-4-6-9-21)18-38-28(20)34-27(35-38)30(41)37-17-22-12-13-25(37)29(40)39(22)26-11-7-10-24(33-26)31(42)43-3/h4-11,16,18,22,25H,12-15,17,19H2,1-3H3/t22?,25?,32-/m0/s1. The summed E-state index contributed by atoms with van der Waals surface area (Å²) in [6.07, 6.45) is 4.26. The molecule has 4 aromatic rings. The maximum absolute atomic E-state index is 13.8. The van der Waals surface area contributed by atoms with Crippen molar-refractivity contribution in [2.45, 2.75) is 50.6 Å². The van der Waals surface area contributed by atoms with Gasteiger partial charge in [-0.1, -0.05) is 43.3 Å². The highest BCUT2D eigenvalue weighted by Gasteiger charge is 2.48. The summed E-state index contributed by atoms with van der Waals surface area (Å²) in [7, 11) is 1.29. The summed E-state index contributed by atoms with van der Waals surface area (Å²) < 4.78 is 6.47. The number of pyridine rings is 2. The van der Waals surface area contributed by atoms with Crippen molar-refractivity contribution in [1.29, 1.82) is 0 Å². The molecule has 8 rings (SSSR count). The van der Waals surface area contributed by atoms with Crippen LogP contribution in [0.25, 0.3) is 5.65 Å². The third-order valence-electron chi connectivity index (χ3n) is 9.18. The normalized spacial score (nSPS) is 23.3. The van der Waals surface area contributed by atoms with Crippen LogP contribution in [0, 0.1) is 6.92 Å². The second-order valence-corrected chi connectivity index (χ2v) is 12.0. The molecule has 11 heteroatoms. The minimum atomic E-state index is -0.649. The highest BCUT2D eigenvalue weighted by atomic mass is 16.5. The lowest BCUT2D eigenvalue weighted by Crippen LogP contribution is -2.67. The average molecular weight is 580 g/mol. The maximum Gasteiger partial charge on any atom is 0.356 e. The van der Waals surface area contributed by atoms with E-state index in [1.807, 2.05) is 19.2 Å². The van der Waals surface area contributed by atoms with Crippen LogP contribution >= 0.6 is 0 Å². The Balaban J connectivity index is 1.12. The molecule has 0 radical (unpaired) electrons. The van der Waals surface area contributed by atoms with Gasteiger partial charge in [-0.2, -0.15) is 0 Å². The first-order valence-electron chi connectivity index (χ1n) is 14.6. The van der Waals surface area contributed by atoms with Gasteiger partial charge in [0.1, 0.15) is 11.9 Å². The summed E-state index contributed by atoms with van der Waals surface area (Å²) in [5.41, 5.74) is 4.10. The number of ether oxygens (including phenoxy) is 1. The lowest BCUT2D eigenvalue weighted by molar-refractivity contribution is -0.128. The fourth-order valence-electron chi connectivity index (χ4n) is 6.84. The van der Waals surface area contributed by atoms with Crippen LogP contribution in [0.2, 0.25) is 0 Å². The van der Waals surface area contributed by atoms with E-state index in [0.29, 0.717) is 24.4 Å². The molecule has 220 valence electrons. The summed E-state index contributed by atoms with van der Waals surface area (Å²) in [5, 5.41) is 4.60. The quantitative estimate of drug-likeness (QED) is 0.331. The van der Waals surface area contributed by atoms with Gasteiger partial charge in [-0.3, -0.25) is 14.5 Å². The molecular formula is C32H33N7O4. The number of amides is 2. The summed E-state index contributed by atoms with van der Waals surface area (Å²) in [6.45, 7) is 6.43. The first-order valence-corrected chi connectivity index (χ1v) is 14.6. The molecule has 7 heterocycles. The van der Waals surface area contributed by atoms with Gasteiger partial charge in [-0.15, -0.1) is 5.10 Å². The zero-order chi connectivity index (χ0) is 29.9. The summed E-state index contributed by atoms with van der Waals surface area (Å²) in [4.78, 5) is 53.9. The van der Waals surface area contributed by atoms with Crippen LogP contribution in [0.5, 0.6) is 0 Å². The molecule has 2 unspecified atom stereocenters. The van der Waals surface area contributed by atoms with Crippen LogP contribution in [0.15, 0.2) is 60.8 Å². The number of aryl methyl sites for hydroxylation is 1. The third kappa shape index (κ3) is 4.50. The van der Waals surface area contributed by atoms with E-state index in [1.165, 1.54) is 12.7 Å². The van der Waals surface area contributed by atoms with E-state index < -0.39 is 12.0 Å². The van der Waals surface area contributed by atoms with Crippen LogP contribution in [-0.2, 0) is 14.9 Å². The number of piperidine rings is 2. The maximum atomic E-state index is 13.8. The Kier molecular flexibility index (Phi) is 6.41. The number of benzene rings is 1. The number of aromatic nitrogens is 4. The Hall–Kier alpha value is -4.80. The number of piperazine rings is 1. The molecule has 4 fully saturated rings. The Morgan fingerprint density at radius 3 is 2.63 bits per heavy atom. The van der Waals surface area contributed by atoms with Gasteiger partial charge in [0.2, 0.25) is 5.82 Å². The smallest absolute Gasteiger partial charge is 0.356 e. The van der Waals surface area contributed by atoms with Gasteiger partial charge >= 0.3 is 5.97 Å². The van der Waals surface area contributed by atoms with Crippen molar-refractivity contribution in [1.82, 2.24) is 24.5 Å². The molecule has 3 aromatic heterocycles. The molecule has 0 aliphatic carbocycles. The SMILES string of the molecule is COC(=O)c1cccc(N2C(=O)C3CCC2CN3C(=O)c2nc3c(C)cc(N4CC[C@](C)(c5ccccc5)C4)cn3n2)n1. The molecule has 43 heavy (non-hydrogen) atoms. The zero-order valence-electron chi connectivity index (χ0n) is 24.4. The molecule has 0 N–H and O–H groups in total. The Labute approximate surface area is 249 Å². The number of fused-ring (bicyclic) bond motifs is 4. The molecular weight excluding hydrogens is 546 g/mol. The molecule has 2 amide bonds. The van der Waals surface area contributed by atoms with Crippen LogP contribution in [0.4, 0.5) is 11.5 Å². The van der Waals surface area contributed by atoms with E-state index in [1.54, 1.807) is 32.5 Å². The summed E-state index contributed by atoms with van der Waals surface area (Å²) >= 11 is 0. The Morgan fingerprint density at radius 1 is 1.05 bits per heavy atom. The van der Waals surface area contributed by atoms with E-state index in [9.17, 15) is 14.4 Å². The molecule has 0 spiro atoms. The van der Waals surface area contributed by atoms with Crippen molar-refractivity contribution >= 4 is 34.9 Å². The van der Waals surface area contributed by atoms with Gasteiger partial charge in [0.05, 0.1) is 25.0 Å². The number of hydrogen-bond acceptors (Lipinski definition) is 8. The van der Waals surface area contributed by atoms with Crippen molar-refractivity contribution in [3.63, 3.8) is 0 Å². The van der Waals surface area contributed by atoms with E-state index in [4.69, 9.17) is 4.74 Å². The largest absolute Gasteiger partial charge is 0.464 e. The van der Waals surface area contributed by atoms with Crippen molar-refractivity contribution in [3.05, 3.63) is 83.4 Å². The molecule has 4 aliphatic rings. The number of nitrogens with zero attached hydrogens (tertiary/aromatic N) is 7. The topological polar surface area (TPSA) is 113 Å². The molecule has 4 aliphatic heterocycles. The van der Waals surface area contributed by atoms with Crippen LogP contribution in [0.3, 0.4) is 0 Å². The molecule has 1 aromatic carbocycles. The monoisotopic (exact) mass is 579 g/mol. The molecule has 11 nitrogen and oxygen atoms in total. The van der Waals surface area contributed by atoms with Crippen molar-refractivity contribution in [2.75, 3.05) is 36.5 Å². The predicted molar refractivity (Wildman–Crippen MR) is 159 cm³/mol. The van der Waals surface area contributed by atoms with E-state index in [0.717, 1.165) is 37.2 Å². The number of methoxy groups -OCH3 is 1. The van der Waals surface area contributed by atoms with Gasteiger partial charge in [0.15, 0.2) is 11.3 Å². The minimum Gasteiger partial charge on any atom is -0.464 e. The number of anilines is 2. The van der Waals surface area contributed by atoms with E-state index in [2.05, 4.69) is 57.2 Å². The lowest BCUT2D eigenvalue weighted by Gasteiger charge is -2.49. The predicted octanol–water partition coefficient (Wildman–Crippen LogP) is 3.41. The van der Waals surface area contributed by atoms with E-state index in [-0.39, 0.29) is 34.8 Å². The second kappa shape index (κ2) is 10.2. The van der Waals surface area contributed by atoms with Gasteiger partial charge in [0.25, 0.3) is 11.8 Å². The molecule has 0 saturated carbocycles. The zero-order valence-corrected chi connectivity index (χ0v) is 24.4. The van der Waals surface area contributed by atoms with Gasteiger partial charge in [0, 0.05) is 25.0 Å². The van der Waals surface area contributed by atoms with Gasteiger partial charge in [-0.25, -0.2) is 19.3 Å². The number of esters is 1. The lowest BCUT2D eigenvalue weighted by atomic mass is 9.82. The molecule has 2 bridgehead atoms. The highest BCUT2D eigenvalue weighted by molar-refractivity contribution is 6.03. The Morgan fingerprint density at radius 2 is 1.86 bits per heavy atom. The average Bonchev–Trinajstić information content (AvgIpc) is 3.66. The number of carbonyl (C=O) groups excluding carboxylic acids is 3. The van der Waals surface area contributed by atoms with Crippen molar-refractivity contribution in [3.8, 4) is 0 Å². The highest BCUT2D eigenvalue weighted by Crippen LogP contribution is 2.37. The first-order chi connectivity index (χ1) is 20.8. The third-order valence-corrected chi connectivity index (χ3v) is 9.18.